The van der Waals surface area contributed by atoms with Gasteiger partial charge in [0, 0.05) is 11.9 Å². The van der Waals surface area contributed by atoms with E-state index >= 15 is 0 Å². The van der Waals surface area contributed by atoms with Crippen LogP contribution in [-0.4, -0.2) is 4.98 Å². The zero-order chi connectivity index (χ0) is 8.01. The third kappa shape index (κ3) is 0.953. The standard InChI is InChI=1S/C10H13N/c1-6(2)10-7(3)11-5-8-4-9(8)10/h5-6H,4H2,1-3H3. The normalized spacial score (nSPS) is 13.5. The van der Waals surface area contributed by atoms with E-state index in [0.717, 1.165) is 0 Å². The third-order valence-corrected chi connectivity index (χ3v) is 2.34. The first-order valence-corrected chi connectivity index (χ1v) is 4.17. The lowest BCUT2D eigenvalue weighted by atomic mass is 10.0. The van der Waals surface area contributed by atoms with Crippen molar-refractivity contribution in [3.8, 4) is 0 Å². The summed E-state index contributed by atoms with van der Waals surface area (Å²) in [5.41, 5.74) is 5.73. The molecule has 0 aromatic carbocycles. The molecular formula is C10H13N. The Kier molecular flexibility index (Phi) is 1.28. The molecule has 0 radical (unpaired) electrons. The molecule has 1 aliphatic rings. The summed E-state index contributed by atoms with van der Waals surface area (Å²) in [7, 11) is 0. The maximum absolute atomic E-state index is 4.35. The predicted molar refractivity (Wildman–Crippen MR) is 45.9 cm³/mol. The molecule has 0 saturated carbocycles. The highest BCUT2D eigenvalue weighted by atomic mass is 14.7. The van der Waals surface area contributed by atoms with Gasteiger partial charge >= 0.3 is 0 Å². The first-order chi connectivity index (χ1) is 5.20. The molecular weight excluding hydrogens is 134 g/mol. The molecule has 0 amide bonds. The van der Waals surface area contributed by atoms with Crippen molar-refractivity contribution in [2.75, 3.05) is 0 Å². The van der Waals surface area contributed by atoms with E-state index in [1.807, 2.05) is 6.20 Å². The van der Waals surface area contributed by atoms with Gasteiger partial charge in [0.2, 0.25) is 0 Å². The minimum Gasteiger partial charge on any atom is -0.261 e. The molecule has 1 aromatic heterocycles. The van der Waals surface area contributed by atoms with E-state index < -0.39 is 0 Å². The summed E-state index contributed by atoms with van der Waals surface area (Å²) >= 11 is 0. The number of rotatable bonds is 1. The Bertz CT molecular complexity index is 296. The Morgan fingerprint density at radius 1 is 1.45 bits per heavy atom. The molecule has 11 heavy (non-hydrogen) atoms. The zero-order valence-electron chi connectivity index (χ0n) is 7.31. The van der Waals surface area contributed by atoms with Crippen LogP contribution in [0.4, 0.5) is 0 Å². The van der Waals surface area contributed by atoms with Crippen LogP contribution in [0.1, 0.15) is 42.1 Å². The van der Waals surface area contributed by atoms with Gasteiger partial charge in [-0.25, -0.2) is 0 Å². The van der Waals surface area contributed by atoms with Crippen molar-refractivity contribution in [3.63, 3.8) is 0 Å². The first-order valence-electron chi connectivity index (χ1n) is 4.17. The number of hydrogen-bond acceptors (Lipinski definition) is 1. The van der Waals surface area contributed by atoms with Crippen molar-refractivity contribution in [2.45, 2.75) is 33.1 Å². The number of nitrogens with zero attached hydrogens (tertiary/aromatic N) is 1. The van der Waals surface area contributed by atoms with Crippen LogP contribution >= 0.6 is 0 Å². The number of aromatic nitrogens is 1. The van der Waals surface area contributed by atoms with Crippen molar-refractivity contribution in [1.82, 2.24) is 4.98 Å². The third-order valence-electron chi connectivity index (χ3n) is 2.34. The number of pyridine rings is 1. The van der Waals surface area contributed by atoms with Crippen molar-refractivity contribution >= 4 is 0 Å². The van der Waals surface area contributed by atoms with Gasteiger partial charge in [0.15, 0.2) is 0 Å². The summed E-state index contributed by atoms with van der Waals surface area (Å²) in [6, 6.07) is 0. The molecule has 0 fully saturated rings. The van der Waals surface area contributed by atoms with E-state index in [4.69, 9.17) is 0 Å². The Morgan fingerprint density at radius 3 is 2.73 bits per heavy atom. The lowest BCUT2D eigenvalue weighted by molar-refractivity contribution is 0.842. The predicted octanol–water partition coefficient (Wildman–Crippen LogP) is 2.42. The molecule has 0 aliphatic heterocycles. The molecule has 1 heteroatoms. The van der Waals surface area contributed by atoms with Gasteiger partial charge in [-0.3, -0.25) is 4.98 Å². The quantitative estimate of drug-likeness (QED) is 0.603. The Morgan fingerprint density at radius 2 is 2.18 bits per heavy atom. The maximum Gasteiger partial charge on any atom is 0.0410 e. The summed E-state index contributed by atoms with van der Waals surface area (Å²) in [6.45, 7) is 6.58. The zero-order valence-corrected chi connectivity index (χ0v) is 7.31. The van der Waals surface area contributed by atoms with E-state index in [-0.39, 0.29) is 0 Å². The Labute approximate surface area is 67.5 Å². The molecule has 1 heterocycles. The lowest BCUT2D eigenvalue weighted by Crippen LogP contribution is -1.93. The van der Waals surface area contributed by atoms with E-state index in [2.05, 4.69) is 25.8 Å². The minimum absolute atomic E-state index is 0.639. The van der Waals surface area contributed by atoms with Crippen LogP contribution in [0, 0.1) is 6.92 Å². The second kappa shape index (κ2) is 2.07. The highest BCUT2D eigenvalue weighted by Gasteiger charge is 2.24. The number of fused-ring (bicyclic) bond motifs is 1. The topological polar surface area (TPSA) is 12.9 Å². The van der Waals surface area contributed by atoms with Crippen LogP contribution in [0.5, 0.6) is 0 Å². The summed E-state index contributed by atoms with van der Waals surface area (Å²) in [5, 5.41) is 0. The number of aryl methyl sites for hydroxylation is 1. The Hall–Kier alpha value is -0.850. The van der Waals surface area contributed by atoms with Gasteiger partial charge in [-0.1, -0.05) is 13.8 Å². The fourth-order valence-corrected chi connectivity index (χ4v) is 1.77. The van der Waals surface area contributed by atoms with Crippen molar-refractivity contribution in [3.05, 3.63) is 28.6 Å². The lowest BCUT2D eigenvalue weighted by Gasteiger charge is -2.06. The van der Waals surface area contributed by atoms with Crippen molar-refractivity contribution in [2.24, 2.45) is 0 Å². The van der Waals surface area contributed by atoms with Gasteiger partial charge in [0.1, 0.15) is 0 Å². The summed E-state index contributed by atoms with van der Waals surface area (Å²) in [6.07, 6.45) is 3.20. The van der Waals surface area contributed by atoms with E-state index in [9.17, 15) is 0 Å². The molecule has 0 bridgehead atoms. The van der Waals surface area contributed by atoms with E-state index in [1.54, 1.807) is 5.56 Å². The molecule has 58 valence electrons. The van der Waals surface area contributed by atoms with Gasteiger partial charge < -0.3 is 0 Å². The largest absolute Gasteiger partial charge is 0.261 e. The van der Waals surface area contributed by atoms with Crippen LogP contribution in [0.3, 0.4) is 0 Å². The SMILES string of the molecule is Cc1ncc2c(c1C(C)C)C2. The second-order valence-corrected chi connectivity index (χ2v) is 3.59. The van der Waals surface area contributed by atoms with Gasteiger partial charge in [-0.2, -0.15) is 0 Å². The summed E-state index contributed by atoms with van der Waals surface area (Å²) in [4.78, 5) is 4.35. The fraction of sp³-hybridized carbons (Fsp3) is 0.500. The average molecular weight is 147 g/mol. The van der Waals surface area contributed by atoms with Gasteiger partial charge in [0.25, 0.3) is 0 Å². The molecule has 0 N–H and O–H groups in total. The Balaban J connectivity index is 2.55. The fourth-order valence-electron chi connectivity index (χ4n) is 1.77. The molecule has 1 aromatic rings. The molecule has 1 aliphatic carbocycles. The average Bonchev–Trinajstić information content (AvgIpc) is 2.64. The van der Waals surface area contributed by atoms with E-state index in [0.29, 0.717) is 5.92 Å². The molecule has 0 unspecified atom stereocenters. The smallest absolute Gasteiger partial charge is 0.0410 e. The first kappa shape index (κ1) is 6.84. The van der Waals surface area contributed by atoms with Crippen LogP contribution in [0.15, 0.2) is 6.20 Å². The van der Waals surface area contributed by atoms with Gasteiger partial charge in [-0.15, -0.1) is 0 Å². The summed E-state index contributed by atoms with van der Waals surface area (Å²) in [5.74, 6) is 0.639. The van der Waals surface area contributed by atoms with Crippen LogP contribution in [-0.2, 0) is 6.42 Å². The van der Waals surface area contributed by atoms with Crippen LogP contribution in [0.25, 0.3) is 0 Å². The molecule has 2 rings (SSSR count). The number of hydrogen-bond donors (Lipinski definition) is 0. The van der Waals surface area contributed by atoms with E-state index in [1.165, 1.54) is 23.2 Å². The highest BCUT2D eigenvalue weighted by molar-refractivity contribution is 5.51. The molecule has 0 spiro atoms. The van der Waals surface area contributed by atoms with Crippen molar-refractivity contribution in [1.29, 1.82) is 0 Å². The molecule has 0 atom stereocenters. The molecule has 0 saturated heterocycles. The monoisotopic (exact) mass is 147 g/mol. The van der Waals surface area contributed by atoms with Gasteiger partial charge in [0.05, 0.1) is 0 Å². The van der Waals surface area contributed by atoms with Gasteiger partial charge in [-0.05, 0) is 36.0 Å². The van der Waals surface area contributed by atoms with Crippen LogP contribution < -0.4 is 0 Å². The summed E-state index contributed by atoms with van der Waals surface area (Å²) < 4.78 is 0. The van der Waals surface area contributed by atoms with Crippen molar-refractivity contribution < 1.29 is 0 Å². The second-order valence-electron chi connectivity index (χ2n) is 3.59. The van der Waals surface area contributed by atoms with Crippen LogP contribution in [0.2, 0.25) is 0 Å². The minimum atomic E-state index is 0.639. The highest BCUT2D eigenvalue weighted by Crippen LogP contribution is 2.35. The molecule has 1 nitrogen and oxygen atoms in total. The maximum atomic E-state index is 4.35.